The fraction of sp³-hybridized carbons (Fsp3) is 0. The van der Waals surface area contributed by atoms with Crippen molar-refractivity contribution in [3.63, 3.8) is 0 Å². The third-order valence-corrected chi connectivity index (χ3v) is 10.5. The first-order valence-corrected chi connectivity index (χ1v) is 17.4. The summed E-state index contributed by atoms with van der Waals surface area (Å²) in [4.78, 5) is 10.8. The molecule has 0 saturated heterocycles. The van der Waals surface area contributed by atoms with Crippen LogP contribution in [0.15, 0.2) is 176 Å². The minimum Gasteiger partial charge on any atom is -0.277 e. The lowest BCUT2D eigenvalue weighted by atomic mass is 9.88. The van der Waals surface area contributed by atoms with E-state index in [1.807, 2.05) is 0 Å². The van der Waals surface area contributed by atoms with Gasteiger partial charge in [-0.1, -0.05) is 158 Å². The summed E-state index contributed by atoms with van der Waals surface area (Å²) < 4.78 is 2.31. The number of benzene rings is 9. The SMILES string of the molecule is c1ccc(-c2cccc(-c3nc(-n4c5ccccc5c5c6c7ccccc7c7ccccc7c6c6ccccc6c54)nc4ccccc34)c2)cc1. The highest BCUT2D eigenvalue weighted by atomic mass is 15.2. The summed E-state index contributed by atoms with van der Waals surface area (Å²) in [6, 6.07) is 63.0. The highest BCUT2D eigenvalue weighted by Crippen LogP contribution is 2.47. The second kappa shape index (κ2) is 10.8. The molecule has 0 bridgehead atoms. The van der Waals surface area contributed by atoms with E-state index in [9.17, 15) is 0 Å². The van der Waals surface area contributed by atoms with Crippen molar-refractivity contribution in [3.8, 4) is 28.3 Å². The van der Waals surface area contributed by atoms with Crippen LogP contribution in [0.1, 0.15) is 0 Å². The maximum Gasteiger partial charge on any atom is 0.235 e. The maximum atomic E-state index is 5.50. The summed E-state index contributed by atoms with van der Waals surface area (Å²) in [6.45, 7) is 0. The van der Waals surface area contributed by atoms with Gasteiger partial charge in [-0.15, -0.1) is 0 Å². The van der Waals surface area contributed by atoms with Crippen molar-refractivity contribution < 1.29 is 0 Å². The lowest BCUT2D eigenvalue weighted by molar-refractivity contribution is 1.02. The molecule has 11 rings (SSSR count). The molecule has 0 N–H and O–H groups in total. The predicted octanol–water partition coefficient (Wildman–Crippen LogP) is 12.7. The summed E-state index contributed by atoms with van der Waals surface area (Å²) in [5.74, 6) is 0.662. The molecule has 0 atom stereocenters. The number of hydrogen-bond donors (Lipinski definition) is 0. The summed E-state index contributed by atoms with van der Waals surface area (Å²) in [5, 5.41) is 13.5. The van der Waals surface area contributed by atoms with Gasteiger partial charge < -0.3 is 0 Å². The fourth-order valence-electron chi connectivity index (χ4n) is 8.41. The summed E-state index contributed by atoms with van der Waals surface area (Å²) in [6.07, 6.45) is 0. The fourth-order valence-corrected chi connectivity index (χ4v) is 8.41. The number of fused-ring (bicyclic) bond motifs is 14. The molecule has 0 spiro atoms. The van der Waals surface area contributed by atoms with E-state index in [2.05, 4.69) is 180 Å². The lowest BCUT2D eigenvalue weighted by Gasteiger charge is -2.16. The minimum absolute atomic E-state index is 0.662. The highest BCUT2D eigenvalue weighted by Gasteiger charge is 2.24. The first-order chi connectivity index (χ1) is 25.3. The van der Waals surface area contributed by atoms with E-state index in [0.29, 0.717) is 5.95 Å². The van der Waals surface area contributed by atoms with Crippen molar-refractivity contribution in [2.24, 2.45) is 0 Å². The molecule has 0 saturated carbocycles. The number of nitrogens with zero attached hydrogens (tertiary/aromatic N) is 3. The van der Waals surface area contributed by atoms with E-state index >= 15 is 0 Å². The third kappa shape index (κ3) is 4.06. The first kappa shape index (κ1) is 28.0. The molecule has 0 amide bonds. The van der Waals surface area contributed by atoms with E-state index in [0.717, 1.165) is 38.8 Å². The van der Waals surface area contributed by atoms with E-state index in [4.69, 9.17) is 9.97 Å². The molecule has 2 heterocycles. The first-order valence-electron chi connectivity index (χ1n) is 17.4. The van der Waals surface area contributed by atoms with Gasteiger partial charge in [0.05, 0.1) is 22.2 Å². The van der Waals surface area contributed by atoms with Gasteiger partial charge in [0, 0.05) is 32.5 Å². The predicted molar refractivity (Wildman–Crippen MR) is 215 cm³/mol. The Morgan fingerprint density at radius 1 is 0.333 bits per heavy atom. The molecule has 3 heteroatoms. The molecule has 0 fully saturated rings. The Bertz CT molecular complexity index is 3190. The molecule has 0 unspecified atom stereocenters. The van der Waals surface area contributed by atoms with Gasteiger partial charge in [-0.25, -0.2) is 9.97 Å². The Morgan fingerprint density at radius 2 is 0.863 bits per heavy atom. The van der Waals surface area contributed by atoms with Gasteiger partial charge in [-0.2, -0.15) is 0 Å². The van der Waals surface area contributed by atoms with Crippen LogP contribution in [0.25, 0.3) is 104 Å². The Balaban J connectivity index is 1.32. The Morgan fingerprint density at radius 3 is 1.61 bits per heavy atom. The zero-order valence-electron chi connectivity index (χ0n) is 27.6. The molecule has 9 aromatic carbocycles. The van der Waals surface area contributed by atoms with Crippen molar-refractivity contribution in [1.29, 1.82) is 0 Å². The Labute approximate surface area is 293 Å². The van der Waals surface area contributed by atoms with Crippen LogP contribution in [0.2, 0.25) is 0 Å². The van der Waals surface area contributed by atoms with Gasteiger partial charge >= 0.3 is 0 Å². The van der Waals surface area contributed by atoms with Crippen LogP contribution in [0.4, 0.5) is 0 Å². The van der Waals surface area contributed by atoms with E-state index in [1.54, 1.807) is 0 Å². The maximum absolute atomic E-state index is 5.50. The average Bonchev–Trinajstić information content (AvgIpc) is 3.56. The molecule has 51 heavy (non-hydrogen) atoms. The molecule has 3 nitrogen and oxygen atoms in total. The van der Waals surface area contributed by atoms with Crippen LogP contribution >= 0.6 is 0 Å². The normalized spacial score (nSPS) is 11.9. The monoisotopic (exact) mass is 647 g/mol. The molecule has 0 aliphatic heterocycles. The molecular formula is C48H29N3. The molecule has 0 radical (unpaired) electrons. The number of para-hydroxylation sites is 2. The highest BCUT2D eigenvalue weighted by molar-refractivity contribution is 6.42. The van der Waals surface area contributed by atoms with Gasteiger partial charge in [0.1, 0.15) is 0 Å². The number of hydrogen-bond acceptors (Lipinski definition) is 2. The lowest BCUT2D eigenvalue weighted by Crippen LogP contribution is -2.04. The van der Waals surface area contributed by atoms with Crippen molar-refractivity contribution in [2.45, 2.75) is 0 Å². The van der Waals surface area contributed by atoms with Crippen LogP contribution in [-0.4, -0.2) is 14.5 Å². The van der Waals surface area contributed by atoms with Gasteiger partial charge in [-0.05, 0) is 61.6 Å². The smallest absolute Gasteiger partial charge is 0.235 e. The summed E-state index contributed by atoms with van der Waals surface area (Å²) in [7, 11) is 0. The van der Waals surface area contributed by atoms with Gasteiger partial charge in [0.15, 0.2) is 0 Å². The van der Waals surface area contributed by atoms with E-state index < -0.39 is 0 Å². The van der Waals surface area contributed by atoms with Crippen molar-refractivity contribution in [2.75, 3.05) is 0 Å². The molecule has 0 aliphatic rings. The standard InChI is InChI=1S/C48H29N3/c1-2-15-30(16-3-1)31-17-14-18-32(29-31)46-39-25-10-12-27-41(39)49-48(50-46)51-42-28-13-11-26-40(42)45-44-36-22-7-5-20-34(36)33-19-4-6-21-35(33)43(44)37-23-8-9-24-38(37)47(45)51/h1-29H. The van der Waals surface area contributed by atoms with E-state index in [1.165, 1.54) is 59.4 Å². The zero-order chi connectivity index (χ0) is 33.5. The molecular weight excluding hydrogens is 619 g/mol. The number of aromatic nitrogens is 3. The summed E-state index contributed by atoms with van der Waals surface area (Å²) in [5.41, 5.74) is 7.44. The van der Waals surface area contributed by atoms with Crippen LogP contribution < -0.4 is 0 Å². The van der Waals surface area contributed by atoms with E-state index in [-0.39, 0.29) is 0 Å². The summed E-state index contributed by atoms with van der Waals surface area (Å²) >= 11 is 0. The van der Waals surface area contributed by atoms with Gasteiger partial charge in [-0.3, -0.25) is 4.57 Å². The number of rotatable bonds is 3. The Hall–Kier alpha value is -6.84. The van der Waals surface area contributed by atoms with Crippen molar-refractivity contribution in [3.05, 3.63) is 176 Å². The zero-order valence-corrected chi connectivity index (χ0v) is 27.6. The molecule has 11 aromatic rings. The average molecular weight is 648 g/mol. The molecule has 236 valence electrons. The second-order valence-corrected chi connectivity index (χ2v) is 13.3. The van der Waals surface area contributed by atoms with Crippen LogP contribution in [0.3, 0.4) is 0 Å². The molecule has 0 aliphatic carbocycles. The van der Waals surface area contributed by atoms with Crippen molar-refractivity contribution >= 4 is 75.8 Å². The topological polar surface area (TPSA) is 30.7 Å². The van der Waals surface area contributed by atoms with Crippen LogP contribution in [0, 0.1) is 0 Å². The second-order valence-electron chi connectivity index (χ2n) is 13.3. The Kier molecular flexibility index (Phi) is 5.96. The van der Waals surface area contributed by atoms with Crippen LogP contribution in [0.5, 0.6) is 0 Å². The largest absolute Gasteiger partial charge is 0.277 e. The van der Waals surface area contributed by atoms with Gasteiger partial charge in [0.25, 0.3) is 0 Å². The quantitative estimate of drug-likeness (QED) is 0.179. The third-order valence-electron chi connectivity index (χ3n) is 10.5. The minimum atomic E-state index is 0.662. The van der Waals surface area contributed by atoms with Crippen molar-refractivity contribution in [1.82, 2.24) is 14.5 Å². The van der Waals surface area contributed by atoms with Gasteiger partial charge in [0.2, 0.25) is 5.95 Å². The molecule has 2 aromatic heterocycles. The van der Waals surface area contributed by atoms with Crippen LogP contribution in [-0.2, 0) is 0 Å².